The van der Waals surface area contributed by atoms with Gasteiger partial charge in [0.2, 0.25) is 10.0 Å². The average Bonchev–Trinajstić information content (AvgIpc) is 2.63. The molecule has 6 heteroatoms. The normalized spacial score (nSPS) is 19.6. The van der Waals surface area contributed by atoms with Crippen molar-refractivity contribution in [2.45, 2.75) is 25.0 Å². The quantitative estimate of drug-likeness (QED) is 0.827. The first kappa shape index (κ1) is 13.8. The van der Waals surface area contributed by atoms with Crippen molar-refractivity contribution in [2.75, 3.05) is 5.43 Å². The molecule has 1 unspecified atom stereocenters. The maximum Gasteiger partial charge on any atom is 0.234 e. The van der Waals surface area contributed by atoms with E-state index in [9.17, 15) is 8.42 Å². The SMILES string of the molecule is CC1=CCCC(S(=O)(=O)NNc2ccccn2)C=C1. The van der Waals surface area contributed by atoms with Gasteiger partial charge in [-0.25, -0.2) is 13.4 Å². The zero-order chi connectivity index (χ0) is 13.7. The van der Waals surface area contributed by atoms with Crippen LogP contribution in [0.4, 0.5) is 5.82 Å². The Labute approximate surface area is 113 Å². The molecule has 1 aromatic rings. The molecule has 0 saturated heterocycles. The van der Waals surface area contributed by atoms with E-state index in [4.69, 9.17) is 0 Å². The van der Waals surface area contributed by atoms with E-state index in [1.54, 1.807) is 30.5 Å². The van der Waals surface area contributed by atoms with Crippen molar-refractivity contribution in [3.05, 3.63) is 48.2 Å². The van der Waals surface area contributed by atoms with Gasteiger partial charge in [-0.3, -0.25) is 5.43 Å². The molecule has 1 aromatic heterocycles. The molecule has 0 aromatic carbocycles. The van der Waals surface area contributed by atoms with E-state index in [0.29, 0.717) is 12.2 Å². The second-order valence-corrected chi connectivity index (χ2v) is 6.31. The highest BCUT2D eigenvalue weighted by atomic mass is 32.2. The minimum atomic E-state index is -3.45. The Morgan fingerprint density at radius 3 is 2.95 bits per heavy atom. The molecule has 2 rings (SSSR count). The minimum Gasteiger partial charge on any atom is -0.292 e. The summed E-state index contributed by atoms with van der Waals surface area (Å²) in [6.45, 7) is 1.96. The van der Waals surface area contributed by atoms with Gasteiger partial charge in [-0.05, 0) is 31.9 Å². The van der Waals surface area contributed by atoms with Crippen LogP contribution in [0.15, 0.2) is 48.2 Å². The summed E-state index contributed by atoms with van der Waals surface area (Å²) in [5.74, 6) is 0.470. The number of sulfonamides is 1. The topological polar surface area (TPSA) is 71.1 Å². The van der Waals surface area contributed by atoms with Gasteiger partial charge in [0, 0.05) is 6.20 Å². The van der Waals surface area contributed by atoms with Crippen LogP contribution in [0.25, 0.3) is 0 Å². The Balaban J connectivity index is 2.01. The van der Waals surface area contributed by atoms with Gasteiger partial charge in [-0.15, -0.1) is 4.83 Å². The summed E-state index contributed by atoms with van der Waals surface area (Å²) in [6, 6.07) is 5.24. The first-order valence-corrected chi connectivity index (χ1v) is 7.65. The number of hydrogen-bond acceptors (Lipinski definition) is 4. The molecule has 2 N–H and O–H groups in total. The van der Waals surface area contributed by atoms with Gasteiger partial charge in [0.25, 0.3) is 0 Å². The monoisotopic (exact) mass is 279 g/mol. The molecule has 0 fully saturated rings. The number of pyridine rings is 1. The second-order valence-electron chi connectivity index (χ2n) is 4.41. The molecule has 1 aliphatic carbocycles. The van der Waals surface area contributed by atoms with Gasteiger partial charge in [-0.1, -0.05) is 29.9 Å². The second kappa shape index (κ2) is 5.99. The van der Waals surface area contributed by atoms with Gasteiger partial charge in [0.1, 0.15) is 5.82 Å². The lowest BCUT2D eigenvalue weighted by atomic mass is 10.2. The third-order valence-corrected chi connectivity index (χ3v) is 4.45. The molecule has 0 amide bonds. The van der Waals surface area contributed by atoms with Crippen molar-refractivity contribution in [3.8, 4) is 0 Å². The number of hydrogen-bond donors (Lipinski definition) is 2. The van der Waals surface area contributed by atoms with Crippen LogP contribution in [0.3, 0.4) is 0 Å². The van der Waals surface area contributed by atoms with Gasteiger partial charge in [0.05, 0.1) is 5.25 Å². The smallest absolute Gasteiger partial charge is 0.234 e. The van der Waals surface area contributed by atoms with E-state index in [2.05, 4.69) is 15.2 Å². The number of allylic oxidation sites excluding steroid dienone is 3. The van der Waals surface area contributed by atoms with E-state index in [1.807, 2.05) is 19.1 Å². The van der Waals surface area contributed by atoms with Crippen LogP contribution in [0.2, 0.25) is 0 Å². The van der Waals surface area contributed by atoms with Crippen molar-refractivity contribution in [3.63, 3.8) is 0 Å². The lowest BCUT2D eigenvalue weighted by molar-refractivity contribution is 0.575. The summed E-state index contributed by atoms with van der Waals surface area (Å²) in [4.78, 5) is 6.36. The highest BCUT2D eigenvalue weighted by Gasteiger charge is 2.23. The van der Waals surface area contributed by atoms with Gasteiger partial charge >= 0.3 is 0 Å². The van der Waals surface area contributed by atoms with E-state index >= 15 is 0 Å². The maximum absolute atomic E-state index is 12.1. The fraction of sp³-hybridized carbons (Fsp3) is 0.308. The number of anilines is 1. The molecule has 19 heavy (non-hydrogen) atoms. The van der Waals surface area contributed by atoms with E-state index in [0.717, 1.165) is 12.0 Å². The number of nitrogens with zero attached hydrogens (tertiary/aromatic N) is 1. The first-order valence-electron chi connectivity index (χ1n) is 6.10. The largest absolute Gasteiger partial charge is 0.292 e. The number of nitrogens with one attached hydrogen (secondary N) is 2. The van der Waals surface area contributed by atoms with Crippen molar-refractivity contribution in [2.24, 2.45) is 0 Å². The number of rotatable bonds is 4. The van der Waals surface area contributed by atoms with Crippen LogP contribution < -0.4 is 10.3 Å². The highest BCUT2D eigenvalue weighted by Crippen LogP contribution is 2.16. The molecule has 1 heterocycles. The Morgan fingerprint density at radius 2 is 2.21 bits per heavy atom. The Kier molecular flexibility index (Phi) is 4.34. The van der Waals surface area contributed by atoms with Crippen molar-refractivity contribution in [1.82, 2.24) is 9.82 Å². The van der Waals surface area contributed by atoms with Crippen LogP contribution in [-0.4, -0.2) is 18.7 Å². The Hall–Kier alpha value is -1.66. The summed E-state index contributed by atoms with van der Waals surface area (Å²) in [6.07, 6.45) is 8.54. The molecule has 0 aliphatic heterocycles. The van der Waals surface area contributed by atoms with Crippen LogP contribution in [0.5, 0.6) is 0 Å². The Morgan fingerprint density at radius 1 is 1.37 bits per heavy atom. The Bertz CT molecular complexity index is 579. The van der Waals surface area contributed by atoms with Crippen molar-refractivity contribution >= 4 is 15.8 Å². The maximum atomic E-state index is 12.1. The lowest BCUT2D eigenvalue weighted by Crippen LogP contribution is -2.37. The predicted octanol–water partition coefficient (Wildman–Crippen LogP) is 1.99. The lowest BCUT2D eigenvalue weighted by Gasteiger charge is -2.14. The van der Waals surface area contributed by atoms with Crippen LogP contribution >= 0.6 is 0 Å². The van der Waals surface area contributed by atoms with E-state index in [1.165, 1.54) is 0 Å². The van der Waals surface area contributed by atoms with E-state index in [-0.39, 0.29) is 0 Å². The van der Waals surface area contributed by atoms with E-state index < -0.39 is 15.3 Å². The third kappa shape index (κ3) is 3.90. The van der Waals surface area contributed by atoms with Gasteiger partial charge in [0.15, 0.2) is 0 Å². The molecule has 1 aliphatic rings. The fourth-order valence-electron chi connectivity index (χ4n) is 1.79. The zero-order valence-electron chi connectivity index (χ0n) is 10.7. The molecule has 102 valence electrons. The van der Waals surface area contributed by atoms with Crippen LogP contribution in [0, 0.1) is 0 Å². The molecule has 0 spiro atoms. The molecule has 0 bridgehead atoms. The van der Waals surface area contributed by atoms with Gasteiger partial charge in [-0.2, -0.15) is 0 Å². The summed E-state index contributed by atoms with van der Waals surface area (Å²) in [5.41, 5.74) is 3.71. The van der Waals surface area contributed by atoms with Crippen LogP contribution in [-0.2, 0) is 10.0 Å². The first-order chi connectivity index (χ1) is 9.08. The molecular formula is C13H17N3O2S. The molecule has 1 atom stereocenters. The van der Waals surface area contributed by atoms with Crippen LogP contribution in [0.1, 0.15) is 19.8 Å². The standard InChI is InChI=1S/C13H17N3O2S/c1-11-5-4-6-12(9-8-11)19(17,18)16-15-13-7-2-3-10-14-13/h2-3,5,7-10,12,16H,4,6H2,1H3,(H,14,15). The predicted molar refractivity (Wildman–Crippen MR) is 75.8 cm³/mol. The molecule has 0 saturated carbocycles. The van der Waals surface area contributed by atoms with Crippen molar-refractivity contribution < 1.29 is 8.42 Å². The fourth-order valence-corrected chi connectivity index (χ4v) is 2.92. The minimum absolute atomic E-state index is 0.470. The highest BCUT2D eigenvalue weighted by molar-refractivity contribution is 7.90. The molecule has 5 nitrogen and oxygen atoms in total. The molecule has 0 radical (unpaired) electrons. The van der Waals surface area contributed by atoms with Gasteiger partial charge < -0.3 is 0 Å². The summed E-state index contributed by atoms with van der Waals surface area (Å²) in [5, 5.41) is -0.530. The van der Waals surface area contributed by atoms with Crippen molar-refractivity contribution in [1.29, 1.82) is 0 Å². The molecular weight excluding hydrogens is 262 g/mol. The summed E-state index contributed by atoms with van der Waals surface area (Å²) < 4.78 is 24.3. The summed E-state index contributed by atoms with van der Waals surface area (Å²) >= 11 is 0. The number of aromatic nitrogens is 1. The average molecular weight is 279 g/mol. The summed E-state index contributed by atoms with van der Waals surface area (Å²) in [7, 11) is -3.45. The zero-order valence-corrected chi connectivity index (χ0v) is 11.5. The number of hydrazine groups is 1. The third-order valence-electron chi connectivity index (χ3n) is 2.88.